The first-order valence-electron chi connectivity index (χ1n) is 12.8. The monoisotopic (exact) mass is 526 g/mol. The first-order valence-corrected chi connectivity index (χ1v) is 12.8. The van der Waals surface area contributed by atoms with Crippen molar-refractivity contribution in [1.29, 1.82) is 0 Å². The van der Waals surface area contributed by atoms with Crippen LogP contribution in [0.1, 0.15) is 36.0 Å². The number of hydrogen-bond acceptors (Lipinski definition) is 7. The fourth-order valence-corrected chi connectivity index (χ4v) is 5.09. The van der Waals surface area contributed by atoms with E-state index in [-0.39, 0.29) is 11.3 Å². The van der Waals surface area contributed by atoms with Crippen molar-refractivity contribution < 1.29 is 28.6 Å². The number of ether oxygens (including phenoxy) is 2. The smallest absolute Gasteiger partial charge is 0.294 e. The molecule has 1 unspecified atom stereocenters. The topological polar surface area (TPSA) is 92.5 Å². The molecule has 1 aliphatic heterocycles. The van der Waals surface area contributed by atoms with E-state index in [4.69, 9.17) is 13.9 Å². The number of amides is 1. The van der Waals surface area contributed by atoms with Crippen LogP contribution in [0, 0.1) is 0 Å². The Morgan fingerprint density at radius 2 is 1.69 bits per heavy atom. The minimum absolute atomic E-state index is 0.00419. The Morgan fingerprint density at radius 3 is 2.36 bits per heavy atom. The van der Waals surface area contributed by atoms with E-state index >= 15 is 0 Å². The Bertz CT molecular complexity index is 1570. The highest BCUT2D eigenvalue weighted by Crippen LogP contribution is 2.43. The highest BCUT2D eigenvalue weighted by Gasteiger charge is 2.45. The van der Waals surface area contributed by atoms with Gasteiger partial charge in [0.2, 0.25) is 5.78 Å². The van der Waals surface area contributed by atoms with Crippen LogP contribution in [0.25, 0.3) is 11.0 Å². The van der Waals surface area contributed by atoms with Crippen LogP contribution in [0.2, 0.25) is 0 Å². The Labute approximate surface area is 226 Å². The third-order valence-electron chi connectivity index (χ3n) is 7.07. The molecule has 0 bridgehead atoms. The van der Waals surface area contributed by atoms with Crippen molar-refractivity contribution in [3.05, 3.63) is 95.5 Å². The lowest BCUT2D eigenvalue weighted by Crippen LogP contribution is -2.31. The molecule has 39 heavy (non-hydrogen) atoms. The van der Waals surface area contributed by atoms with Crippen LogP contribution in [0.3, 0.4) is 0 Å². The lowest BCUT2D eigenvalue weighted by atomic mass is 9.94. The summed E-state index contributed by atoms with van der Waals surface area (Å²) in [7, 11) is 3.06. The molecule has 0 radical (unpaired) electrons. The van der Waals surface area contributed by atoms with Gasteiger partial charge in [0.05, 0.1) is 25.8 Å². The Morgan fingerprint density at radius 1 is 0.974 bits per heavy atom. The number of nitrogens with zero attached hydrogens (tertiary/aromatic N) is 2. The quantitative estimate of drug-likeness (QED) is 0.264. The van der Waals surface area contributed by atoms with E-state index in [1.165, 1.54) is 12.0 Å². The summed E-state index contributed by atoms with van der Waals surface area (Å²) in [5.41, 5.74) is 2.51. The van der Waals surface area contributed by atoms with Gasteiger partial charge in [-0.15, -0.1) is 0 Å². The second-order valence-corrected chi connectivity index (χ2v) is 9.12. The van der Waals surface area contributed by atoms with E-state index in [2.05, 4.69) is 18.7 Å². The van der Waals surface area contributed by atoms with Crippen molar-refractivity contribution in [1.82, 2.24) is 0 Å². The molecule has 1 aliphatic rings. The summed E-state index contributed by atoms with van der Waals surface area (Å²) < 4.78 is 16.7. The van der Waals surface area contributed by atoms with Gasteiger partial charge in [-0.05, 0) is 67.9 Å². The van der Waals surface area contributed by atoms with E-state index < -0.39 is 23.5 Å². The number of benzene rings is 3. The molecule has 0 saturated heterocycles. The van der Waals surface area contributed by atoms with E-state index in [1.807, 2.05) is 24.3 Å². The Balaban J connectivity index is 1.62. The molecule has 0 fully saturated rings. The molecule has 1 atom stereocenters. The van der Waals surface area contributed by atoms with Gasteiger partial charge in [0.25, 0.3) is 5.91 Å². The van der Waals surface area contributed by atoms with Crippen LogP contribution in [0.5, 0.6) is 11.5 Å². The third-order valence-corrected chi connectivity index (χ3v) is 7.07. The van der Waals surface area contributed by atoms with E-state index in [9.17, 15) is 14.7 Å². The highest BCUT2D eigenvalue weighted by atomic mass is 16.5. The molecule has 1 amide bonds. The molecule has 5 rings (SSSR count). The van der Waals surface area contributed by atoms with Gasteiger partial charge in [0, 0.05) is 29.9 Å². The number of hydrogen-bond donors (Lipinski definition) is 1. The van der Waals surface area contributed by atoms with Crippen molar-refractivity contribution >= 4 is 34.0 Å². The van der Waals surface area contributed by atoms with Gasteiger partial charge >= 0.3 is 0 Å². The fourth-order valence-electron chi connectivity index (χ4n) is 5.09. The number of fused-ring (bicyclic) bond motifs is 1. The van der Waals surface area contributed by atoms with Crippen LogP contribution in [0.4, 0.5) is 11.4 Å². The number of anilines is 2. The number of aliphatic hydroxyl groups is 1. The van der Waals surface area contributed by atoms with E-state index in [1.54, 1.807) is 55.6 Å². The minimum Gasteiger partial charge on any atom is -0.503 e. The molecule has 2 heterocycles. The summed E-state index contributed by atoms with van der Waals surface area (Å²) in [6.07, 6.45) is 0. The number of Topliss-reactive ketones (excluding diaryl/α,β-unsaturated/α-hetero) is 1. The van der Waals surface area contributed by atoms with Gasteiger partial charge in [0.1, 0.15) is 5.75 Å². The van der Waals surface area contributed by atoms with E-state index in [0.29, 0.717) is 33.7 Å². The Kier molecular flexibility index (Phi) is 7.02. The van der Waals surface area contributed by atoms with Gasteiger partial charge in [0.15, 0.2) is 22.9 Å². The predicted octanol–water partition coefficient (Wildman–Crippen LogP) is 6.08. The maximum atomic E-state index is 13.9. The van der Waals surface area contributed by atoms with Crippen molar-refractivity contribution in [3.63, 3.8) is 0 Å². The SMILES string of the molecule is CCN(CC)c1ccc(N2C(=O)C(O)=C(C(=O)c3cc4cccc(OC)c4o3)C2c2cccc(OC)c2)cc1. The highest BCUT2D eigenvalue weighted by molar-refractivity contribution is 6.20. The van der Waals surface area contributed by atoms with Crippen molar-refractivity contribution in [2.24, 2.45) is 0 Å². The summed E-state index contributed by atoms with van der Waals surface area (Å²) in [5.74, 6) is -0.844. The maximum Gasteiger partial charge on any atom is 0.294 e. The number of methoxy groups -OCH3 is 2. The average molecular weight is 527 g/mol. The molecule has 8 heteroatoms. The zero-order chi connectivity index (χ0) is 27.7. The van der Waals surface area contributed by atoms with Crippen molar-refractivity contribution in [3.8, 4) is 11.5 Å². The number of carbonyl (C=O) groups is 2. The fraction of sp³-hybridized carbons (Fsp3) is 0.226. The van der Waals surface area contributed by atoms with Crippen molar-refractivity contribution in [2.75, 3.05) is 37.1 Å². The summed E-state index contributed by atoms with van der Waals surface area (Å²) in [4.78, 5) is 31.1. The molecule has 8 nitrogen and oxygen atoms in total. The molecular weight excluding hydrogens is 496 g/mol. The van der Waals surface area contributed by atoms with Gasteiger partial charge in [-0.2, -0.15) is 0 Å². The molecule has 0 spiro atoms. The van der Waals surface area contributed by atoms with Gasteiger partial charge in [-0.25, -0.2) is 0 Å². The van der Waals surface area contributed by atoms with Gasteiger partial charge < -0.3 is 23.9 Å². The van der Waals surface area contributed by atoms with Crippen LogP contribution >= 0.6 is 0 Å². The molecule has 200 valence electrons. The minimum atomic E-state index is -0.908. The maximum absolute atomic E-state index is 13.9. The predicted molar refractivity (Wildman–Crippen MR) is 150 cm³/mol. The summed E-state index contributed by atoms with van der Waals surface area (Å²) in [6.45, 7) is 5.84. The Hall–Kier alpha value is -4.72. The van der Waals surface area contributed by atoms with Crippen LogP contribution in [-0.4, -0.2) is 44.1 Å². The third kappa shape index (κ3) is 4.48. The summed E-state index contributed by atoms with van der Waals surface area (Å²) >= 11 is 0. The normalized spacial score (nSPS) is 15.2. The standard InChI is InChI=1S/C31H30N2O6/c1-5-32(6-2)21-13-15-22(16-14-21)33-27(19-9-7-11-23(17-19)37-3)26(29(35)31(33)36)28(34)25-18-20-10-8-12-24(38-4)30(20)39-25/h7-18,27,35H,5-6H2,1-4H3. The summed E-state index contributed by atoms with van der Waals surface area (Å²) in [6, 6.07) is 20.6. The second kappa shape index (κ2) is 10.6. The van der Waals surface area contributed by atoms with Gasteiger partial charge in [-0.1, -0.05) is 24.3 Å². The lowest BCUT2D eigenvalue weighted by Gasteiger charge is -2.28. The first-order chi connectivity index (χ1) is 18.9. The lowest BCUT2D eigenvalue weighted by molar-refractivity contribution is -0.117. The molecule has 1 N–H and O–H groups in total. The zero-order valence-electron chi connectivity index (χ0n) is 22.3. The molecule has 1 aromatic heterocycles. The average Bonchev–Trinajstić information content (AvgIpc) is 3.53. The molecule has 3 aromatic carbocycles. The molecule has 0 aliphatic carbocycles. The van der Waals surface area contributed by atoms with Crippen molar-refractivity contribution in [2.45, 2.75) is 19.9 Å². The first kappa shape index (κ1) is 25.9. The molecular formula is C31H30N2O6. The van der Waals surface area contributed by atoms with Gasteiger partial charge in [-0.3, -0.25) is 14.5 Å². The largest absolute Gasteiger partial charge is 0.503 e. The number of para-hydroxylation sites is 1. The zero-order valence-corrected chi connectivity index (χ0v) is 22.3. The van der Waals surface area contributed by atoms with Crippen LogP contribution in [0.15, 0.2) is 88.5 Å². The number of rotatable bonds is 9. The van der Waals surface area contributed by atoms with E-state index in [0.717, 1.165) is 18.8 Å². The second-order valence-electron chi connectivity index (χ2n) is 9.12. The van der Waals surface area contributed by atoms with Crippen LogP contribution in [-0.2, 0) is 4.79 Å². The summed E-state index contributed by atoms with van der Waals surface area (Å²) in [5, 5.41) is 11.8. The number of carbonyl (C=O) groups excluding carboxylic acids is 2. The number of ketones is 1. The molecule has 0 saturated carbocycles. The number of furan rings is 1. The van der Waals surface area contributed by atoms with Crippen LogP contribution < -0.4 is 19.3 Å². The number of aliphatic hydroxyl groups excluding tert-OH is 1. The molecule has 4 aromatic rings.